The second-order valence-corrected chi connectivity index (χ2v) is 5.47. The standard InChI is InChI=1S/C15H15BrF2N2/c1-9-2-4-10(5-3-9)8-13(20-19)11-6-7-12(17)15(18)14(11)16/h2-7,13,20H,8,19H2,1H3. The molecule has 0 amide bonds. The van der Waals surface area contributed by atoms with Crippen molar-refractivity contribution in [3.8, 4) is 0 Å². The Hall–Kier alpha value is -1.30. The van der Waals surface area contributed by atoms with E-state index in [1.807, 2.05) is 31.2 Å². The minimum Gasteiger partial charge on any atom is -0.271 e. The van der Waals surface area contributed by atoms with Crippen molar-refractivity contribution in [3.63, 3.8) is 0 Å². The van der Waals surface area contributed by atoms with Crippen LogP contribution in [0.2, 0.25) is 0 Å². The molecule has 2 aromatic rings. The number of hydrogen-bond donors (Lipinski definition) is 2. The third-order valence-corrected chi connectivity index (χ3v) is 4.01. The maximum atomic E-state index is 13.6. The summed E-state index contributed by atoms with van der Waals surface area (Å²) in [6.45, 7) is 2.01. The molecular formula is C15H15BrF2N2. The normalized spacial score (nSPS) is 12.4. The lowest BCUT2D eigenvalue weighted by atomic mass is 9.98. The highest BCUT2D eigenvalue weighted by atomic mass is 79.9. The number of hydrazine groups is 1. The Morgan fingerprint density at radius 3 is 2.40 bits per heavy atom. The van der Waals surface area contributed by atoms with Gasteiger partial charge in [0, 0.05) is 0 Å². The first kappa shape index (κ1) is 15.1. The molecule has 0 aromatic heterocycles. The molecule has 0 bridgehead atoms. The van der Waals surface area contributed by atoms with Crippen LogP contribution in [-0.4, -0.2) is 0 Å². The van der Waals surface area contributed by atoms with Gasteiger partial charge in [-0.05, 0) is 46.5 Å². The summed E-state index contributed by atoms with van der Waals surface area (Å²) in [4.78, 5) is 0. The van der Waals surface area contributed by atoms with Crippen molar-refractivity contribution in [2.45, 2.75) is 19.4 Å². The van der Waals surface area contributed by atoms with Crippen LogP contribution in [0.5, 0.6) is 0 Å². The Balaban J connectivity index is 2.29. The molecule has 106 valence electrons. The van der Waals surface area contributed by atoms with Gasteiger partial charge in [0.05, 0.1) is 10.5 Å². The van der Waals surface area contributed by atoms with E-state index in [0.29, 0.717) is 12.0 Å². The van der Waals surface area contributed by atoms with Crippen molar-refractivity contribution in [2.75, 3.05) is 0 Å². The van der Waals surface area contributed by atoms with Gasteiger partial charge in [0.25, 0.3) is 0 Å². The van der Waals surface area contributed by atoms with Gasteiger partial charge in [0.2, 0.25) is 0 Å². The molecule has 0 radical (unpaired) electrons. The smallest absolute Gasteiger partial charge is 0.173 e. The van der Waals surface area contributed by atoms with Gasteiger partial charge in [-0.25, -0.2) is 8.78 Å². The zero-order chi connectivity index (χ0) is 14.7. The molecule has 0 aliphatic carbocycles. The van der Waals surface area contributed by atoms with Gasteiger partial charge in [0.1, 0.15) is 0 Å². The van der Waals surface area contributed by atoms with Crippen LogP contribution >= 0.6 is 15.9 Å². The van der Waals surface area contributed by atoms with Gasteiger partial charge in [-0.2, -0.15) is 0 Å². The Kier molecular flexibility index (Phi) is 4.86. The van der Waals surface area contributed by atoms with E-state index in [1.54, 1.807) is 0 Å². The van der Waals surface area contributed by atoms with Crippen LogP contribution in [-0.2, 0) is 6.42 Å². The number of aryl methyl sites for hydroxylation is 1. The summed E-state index contributed by atoms with van der Waals surface area (Å²) >= 11 is 3.09. The molecule has 1 atom stereocenters. The fraction of sp³-hybridized carbons (Fsp3) is 0.200. The quantitative estimate of drug-likeness (QED) is 0.505. The second-order valence-electron chi connectivity index (χ2n) is 4.67. The molecule has 0 heterocycles. The molecule has 2 aromatic carbocycles. The Bertz CT molecular complexity index is 600. The van der Waals surface area contributed by atoms with E-state index < -0.39 is 11.6 Å². The highest BCUT2D eigenvalue weighted by molar-refractivity contribution is 9.10. The summed E-state index contributed by atoms with van der Waals surface area (Å²) in [6.07, 6.45) is 0.584. The molecule has 0 saturated heterocycles. The van der Waals surface area contributed by atoms with Crippen LogP contribution < -0.4 is 11.3 Å². The van der Waals surface area contributed by atoms with E-state index >= 15 is 0 Å². The minimum absolute atomic E-state index is 0.104. The Morgan fingerprint density at radius 1 is 1.15 bits per heavy atom. The first-order chi connectivity index (χ1) is 9.52. The summed E-state index contributed by atoms with van der Waals surface area (Å²) in [5.74, 6) is 3.77. The topological polar surface area (TPSA) is 38.0 Å². The van der Waals surface area contributed by atoms with E-state index in [4.69, 9.17) is 5.84 Å². The fourth-order valence-corrected chi connectivity index (χ4v) is 2.63. The zero-order valence-corrected chi connectivity index (χ0v) is 12.5. The van der Waals surface area contributed by atoms with Crippen LogP contribution in [0.4, 0.5) is 8.78 Å². The predicted molar refractivity (Wildman–Crippen MR) is 79.0 cm³/mol. The van der Waals surface area contributed by atoms with Crippen molar-refractivity contribution in [2.24, 2.45) is 5.84 Å². The number of rotatable bonds is 4. The van der Waals surface area contributed by atoms with Crippen molar-refractivity contribution in [1.82, 2.24) is 5.43 Å². The first-order valence-electron chi connectivity index (χ1n) is 6.18. The van der Waals surface area contributed by atoms with Crippen LogP contribution in [0.25, 0.3) is 0 Å². The summed E-state index contributed by atoms with van der Waals surface area (Å²) in [6, 6.07) is 10.3. The van der Waals surface area contributed by atoms with Crippen LogP contribution in [0, 0.1) is 18.6 Å². The monoisotopic (exact) mass is 340 g/mol. The van der Waals surface area contributed by atoms with Crippen LogP contribution in [0.15, 0.2) is 40.9 Å². The molecule has 0 aliphatic rings. The molecule has 0 saturated carbocycles. The average molecular weight is 341 g/mol. The number of nitrogens with one attached hydrogen (secondary N) is 1. The van der Waals surface area contributed by atoms with Gasteiger partial charge < -0.3 is 0 Å². The van der Waals surface area contributed by atoms with E-state index in [0.717, 1.165) is 11.6 Å². The van der Waals surface area contributed by atoms with Crippen molar-refractivity contribution < 1.29 is 8.78 Å². The lowest BCUT2D eigenvalue weighted by molar-refractivity contribution is 0.491. The molecule has 0 spiro atoms. The Morgan fingerprint density at radius 2 is 1.80 bits per heavy atom. The summed E-state index contributed by atoms with van der Waals surface area (Å²) in [7, 11) is 0. The third-order valence-electron chi connectivity index (χ3n) is 3.20. The number of benzene rings is 2. The van der Waals surface area contributed by atoms with Gasteiger partial charge in [-0.15, -0.1) is 0 Å². The summed E-state index contributed by atoms with van der Waals surface area (Å²) < 4.78 is 26.8. The van der Waals surface area contributed by atoms with E-state index in [1.165, 1.54) is 11.6 Å². The zero-order valence-electron chi connectivity index (χ0n) is 11.0. The molecule has 2 nitrogen and oxygen atoms in total. The van der Waals surface area contributed by atoms with Crippen LogP contribution in [0.1, 0.15) is 22.7 Å². The van der Waals surface area contributed by atoms with Crippen molar-refractivity contribution in [1.29, 1.82) is 0 Å². The summed E-state index contributed by atoms with van der Waals surface area (Å²) in [5, 5.41) is 0. The number of halogens is 3. The van der Waals surface area contributed by atoms with Crippen molar-refractivity contribution in [3.05, 3.63) is 69.2 Å². The fourth-order valence-electron chi connectivity index (χ4n) is 2.03. The van der Waals surface area contributed by atoms with Gasteiger partial charge in [-0.1, -0.05) is 35.9 Å². The molecule has 3 N–H and O–H groups in total. The largest absolute Gasteiger partial charge is 0.271 e. The van der Waals surface area contributed by atoms with E-state index in [2.05, 4.69) is 21.4 Å². The maximum Gasteiger partial charge on any atom is 0.173 e. The number of nitrogens with two attached hydrogens (primary N) is 1. The lowest BCUT2D eigenvalue weighted by Crippen LogP contribution is -2.30. The highest BCUT2D eigenvalue weighted by Crippen LogP contribution is 2.29. The SMILES string of the molecule is Cc1ccc(CC(NN)c2ccc(F)c(F)c2Br)cc1. The number of hydrogen-bond acceptors (Lipinski definition) is 2. The molecule has 2 rings (SSSR count). The molecule has 1 unspecified atom stereocenters. The van der Waals surface area contributed by atoms with Crippen molar-refractivity contribution >= 4 is 15.9 Å². The van der Waals surface area contributed by atoms with Gasteiger partial charge in [0.15, 0.2) is 11.6 Å². The third kappa shape index (κ3) is 3.23. The molecule has 0 fully saturated rings. The molecule has 0 aliphatic heterocycles. The minimum atomic E-state index is -0.897. The van der Waals surface area contributed by atoms with Gasteiger partial charge in [-0.3, -0.25) is 11.3 Å². The highest BCUT2D eigenvalue weighted by Gasteiger charge is 2.18. The van der Waals surface area contributed by atoms with Crippen LogP contribution in [0.3, 0.4) is 0 Å². The van der Waals surface area contributed by atoms with Gasteiger partial charge >= 0.3 is 0 Å². The summed E-state index contributed by atoms with van der Waals surface area (Å²) in [5.41, 5.74) is 5.47. The predicted octanol–water partition coefficient (Wildman–Crippen LogP) is 3.78. The molecule has 5 heteroatoms. The first-order valence-corrected chi connectivity index (χ1v) is 6.97. The second kappa shape index (κ2) is 6.43. The molecular weight excluding hydrogens is 326 g/mol. The lowest BCUT2D eigenvalue weighted by Gasteiger charge is -2.18. The maximum absolute atomic E-state index is 13.6. The average Bonchev–Trinajstić information content (AvgIpc) is 2.45. The molecule has 20 heavy (non-hydrogen) atoms. The Labute approximate surface area is 125 Å². The van der Waals surface area contributed by atoms with E-state index in [9.17, 15) is 8.78 Å². The van der Waals surface area contributed by atoms with E-state index in [-0.39, 0.29) is 10.5 Å².